The molecule has 2 aromatic carbocycles. The summed E-state index contributed by atoms with van der Waals surface area (Å²) in [6.45, 7) is 4.01. The van der Waals surface area contributed by atoms with Crippen LogP contribution in [0.5, 0.6) is 0 Å². The molecule has 0 atom stereocenters. The zero-order chi connectivity index (χ0) is 14.8. The number of rotatable bonds is 4. The van der Waals surface area contributed by atoms with Crippen LogP contribution in [-0.4, -0.2) is 8.42 Å². The summed E-state index contributed by atoms with van der Waals surface area (Å²) in [7, 11) is -3.60. The molecule has 106 valence electrons. The van der Waals surface area contributed by atoms with Crippen molar-refractivity contribution < 1.29 is 8.42 Å². The highest BCUT2D eigenvalue weighted by atomic mass is 32.2. The van der Waals surface area contributed by atoms with Gasteiger partial charge in [0.05, 0.1) is 5.69 Å². The second kappa shape index (κ2) is 5.64. The molecule has 2 aromatic rings. The van der Waals surface area contributed by atoms with Crippen molar-refractivity contribution in [1.82, 2.24) is 4.72 Å². The number of anilines is 1. The van der Waals surface area contributed by atoms with Gasteiger partial charge in [-0.05, 0) is 42.7 Å². The monoisotopic (exact) mass is 290 g/mol. The van der Waals surface area contributed by atoms with Crippen molar-refractivity contribution in [2.45, 2.75) is 25.3 Å². The summed E-state index contributed by atoms with van der Waals surface area (Å²) in [6.07, 6.45) is 0. The third kappa shape index (κ3) is 3.18. The second-order valence-corrected chi connectivity index (χ2v) is 6.52. The molecule has 4 nitrogen and oxygen atoms in total. The van der Waals surface area contributed by atoms with Gasteiger partial charge >= 0.3 is 0 Å². The fourth-order valence-electron chi connectivity index (χ4n) is 1.90. The van der Waals surface area contributed by atoms with Gasteiger partial charge in [-0.15, -0.1) is 0 Å². The summed E-state index contributed by atoms with van der Waals surface area (Å²) in [5, 5.41) is 0. The number of hydrogen-bond donors (Lipinski definition) is 2. The number of nitrogens with one attached hydrogen (secondary N) is 1. The minimum atomic E-state index is -3.60. The molecule has 0 fully saturated rings. The molecule has 0 unspecified atom stereocenters. The van der Waals surface area contributed by atoms with Crippen molar-refractivity contribution in [3.8, 4) is 0 Å². The second-order valence-electron chi connectivity index (χ2n) is 4.78. The zero-order valence-electron chi connectivity index (χ0n) is 11.6. The predicted octanol–water partition coefficient (Wildman–Crippen LogP) is 2.36. The van der Waals surface area contributed by atoms with E-state index in [2.05, 4.69) is 4.72 Å². The molecule has 0 saturated heterocycles. The Hall–Kier alpha value is -1.85. The number of sulfonamides is 1. The third-order valence-corrected chi connectivity index (χ3v) is 4.68. The largest absolute Gasteiger partial charge is 0.398 e. The first kappa shape index (κ1) is 14.6. The summed E-state index contributed by atoms with van der Waals surface area (Å²) >= 11 is 0. The maximum atomic E-state index is 12.3. The first-order valence-electron chi connectivity index (χ1n) is 6.30. The molecule has 0 spiro atoms. The fraction of sp³-hybridized carbons (Fsp3) is 0.200. The Kier molecular flexibility index (Phi) is 4.11. The van der Waals surface area contributed by atoms with E-state index in [1.165, 1.54) is 0 Å². The van der Waals surface area contributed by atoms with Crippen LogP contribution in [0.2, 0.25) is 0 Å². The van der Waals surface area contributed by atoms with Crippen LogP contribution in [-0.2, 0) is 16.6 Å². The van der Waals surface area contributed by atoms with Crippen LogP contribution in [0.15, 0.2) is 47.4 Å². The van der Waals surface area contributed by atoms with Crippen molar-refractivity contribution in [3.05, 3.63) is 59.2 Å². The van der Waals surface area contributed by atoms with E-state index in [9.17, 15) is 8.42 Å². The standard InChI is InChI=1S/C15H18N2O2S/c1-11-8-14(16)15(9-12(11)2)20(18,19)17-10-13-6-4-3-5-7-13/h3-9,17H,10,16H2,1-2H3. The number of aryl methyl sites for hydroxylation is 2. The minimum absolute atomic E-state index is 0.136. The molecule has 0 heterocycles. The first-order chi connectivity index (χ1) is 9.40. The maximum Gasteiger partial charge on any atom is 0.242 e. The lowest BCUT2D eigenvalue weighted by Gasteiger charge is -2.11. The van der Waals surface area contributed by atoms with Crippen molar-refractivity contribution in [1.29, 1.82) is 0 Å². The summed E-state index contributed by atoms with van der Waals surface area (Å²) in [4.78, 5) is 0.136. The molecule has 0 saturated carbocycles. The molecular weight excluding hydrogens is 272 g/mol. The molecule has 0 aliphatic heterocycles. The Morgan fingerprint density at radius 2 is 1.65 bits per heavy atom. The molecule has 2 rings (SSSR count). The Morgan fingerprint density at radius 3 is 2.30 bits per heavy atom. The topological polar surface area (TPSA) is 72.2 Å². The summed E-state index contributed by atoms with van der Waals surface area (Å²) < 4.78 is 27.2. The van der Waals surface area contributed by atoms with E-state index in [-0.39, 0.29) is 17.1 Å². The highest BCUT2D eigenvalue weighted by Crippen LogP contribution is 2.22. The third-order valence-electron chi connectivity index (χ3n) is 3.22. The van der Waals surface area contributed by atoms with E-state index in [1.807, 2.05) is 44.2 Å². The smallest absolute Gasteiger partial charge is 0.242 e. The van der Waals surface area contributed by atoms with Crippen LogP contribution >= 0.6 is 0 Å². The molecule has 5 heteroatoms. The Balaban J connectivity index is 2.25. The highest BCUT2D eigenvalue weighted by molar-refractivity contribution is 7.89. The van der Waals surface area contributed by atoms with E-state index in [4.69, 9.17) is 5.73 Å². The molecule has 0 aliphatic carbocycles. The molecule has 0 aromatic heterocycles. The van der Waals surface area contributed by atoms with Gasteiger partial charge < -0.3 is 5.73 Å². The highest BCUT2D eigenvalue weighted by Gasteiger charge is 2.18. The van der Waals surface area contributed by atoms with Crippen molar-refractivity contribution in [2.24, 2.45) is 0 Å². The van der Waals surface area contributed by atoms with Crippen LogP contribution in [0.1, 0.15) is 16.7 Å². The average molecular weight is 290 g/mol. The van der Waals surface area contributed by atoms with Gasteiger partial charge in [0, 0.05) is 6.54 Å². The lowest BCUT2D eigenvalue weighted by molar-refractivity contribution is 0.581. The molecule has 0 radical (unpaired) electrons. The number of benzene rings is 2. The lowest BCUT2D eigenvalue weighted by atomic mass is 10.1. The zero-order valence-corrected chi connectivity index (χ0v) is 12.4. The van der Waals surface area contributed by atoms with Crippen molar-refractivity contribution in [2.75, 3.05) is 5.73 Å². The van der Waals surface area contributed by atoms with E-state index in [0.29, 0.717) is 0 Å². The van der Waals surface area contributed by atoms with E-state index in [1.54, 1.807) is 12.1 Å². The van der Waals surface area contributed by atoms with Crippen LogP contribution in [0.25, 0.3) is 0 Å². The van der Waals surface area contributed by atoms with E-state index >= 15 is 0 Å². The van der Waals surface area contributed by atoms with E-state index in [0.717, 1.165) is 16.7 Å². The quantitative estimate of drug-likeness (QED) is 0.849. The van der Waals surface area contributed by atoms with Gasteiger partial charge in [0.25, 0.3) is 0 Å². The minimum Gasteiger partial charge on any atom is -0.398 e. The van der Waals surface area contributed by atoms with Crippen LogP contribution in [0.3, 0.4) is 0 Å². The summed E-state index contributed by atoms with van der Waals surface area (Å²) in [6, 6.07) is 12.7. The molecular formula is C15H18N2O2S. The number of hydrogen-bond acceptors (Lipinski definition) is 3. The Morgan fingerprint density at radius 1 is 1.05 bits per heavy atom. The van der Waals surface area contributed by atoms with E-state index < -0.39 is 10.0 Å². The Labute approximate surface area is 119 Å². The molecule has 0 amide bonds. The van der Waals surface area contributed by atoms with Gasteiger partial charge in [-0.2, -0.15) is 0 Å². The molecule has 0 aliphatic rings. The van der Waals surface area contributed by atoms with Gasteiger partial charge in [0.15, 0.2) is 0 Å². The fourth-order valence-corrected chi connectivity index (χ4v) is 3.11. The van der Waals surface area contributed by atoms with Gasteiger partial charge in [0.2, 0.25) is 10.0 Å². The normalized spacial score (nSPS) is 11.5. The van der Waals surface area contributed by atoms with Gasteiger partial charge in [-0.25, -0.2) is 13.1 Å². The van der Waals surface area contributed by atoms with Crippen molar-refractivity contribution in [3.63, 3.8) is 0 Å². The van der Waals surface area contributed by atoms with Crippen molar-refractivity contribution >= 4 is 15.7 Å². The number of nitrogens with two attached hydrogens (primary N) is 1. The predicted molar refractivity (Wildman–Crippen MR) is 80.8 cm³/mol. The summed E-state index contributed by atoms with van der Waals surface area (Å²) in [5.41, 5.74) is 8.88. The van der Waals surface area contributed by atoms with Crippen LogP contribution in [0.4, 0.5) is 5.69 Å². The molecule has 0 bridgehead atoms. The van der Waals surface area contributed by atoms with Crippen LogP contribution < -0.4 is 10.5 Å². The molecule has 20 heavy (non-hydrogen) atoms. The Bertz CT molecular complexity index is 710. The number of nitrogen functional groups attached to an aromatic ring is 1. The van der Waals surface area contributed by atoms with Gasteiger partial charge in [-0.1, -0.05) is 30.3 Å². The van der Waals surface area contributed by atoms with Crippen LogP contribution in [0, 0.1) is 13.8 Å². The SMILES string of the molecule is Cc1cc(N)c(S(=O)(=O)NCc2ccccc2)cc1C. The van der Waals surface area contributed by atoms with Gasteiger partial charge in [-0.3, -0.25) is 0 Å². The first-order valence-corrected chi connectivity index (χ1v) is 7.79. The summed E-state index contributed by atoms with van der Waals surface area (Å²) in [5.74, 6) is 0. The average Bonchev–Trinajstić information content (AvgIpc) is 2.42. The molecule has 3 N–H and O–H groups in total. The van der Waals surface area contributed by atoms with Gasteiger partial charge in [0.1, 0.15) is 4.90 Å². The maximum absolute atomic E-state index is 12.3. The lowest BCUT2D eigenvalue weighted by Crippen LogP contribution is -2.24.